The average Bonchev–Trinajstić information content (AvgIpc) is 3.15. The molecule has 8 nitrogen and oxygen atoms in total. The van der Waals surface area contributed by atoms with Crippen molar-refractivity contribution in [3.63, 3.8) is 0 Å². The summed E-state index contributed by atoms with van der Waals surface area (Å²) in [4.78, 5) is 29.7. The number of aromatic nitrogens is 3. The zero-order chi connectivity index (χ0) is 24.5. The Kier molecular flexibility index (Phi) is 6.75. The van der Waals surface area contributed by atoms with Gasteiger partial charge >= 0.3 is 6.18 Å². The molecule has 33 heavy (non-hydrogen) atoms. The number of aryl methyl sites for hydroxylation is 2. The first kappa shape index (κ1) is 24.2. The summed E-state index contributed by atoms with van der Waals surface area (Å²) in [5.41, 5.74) is -0.921. The molecule has 3 rings (SSSR count). The first-order chi connectivity index (χ1) is 15.4. The number of hydrogen-bond donors (Lipinski definition) is 3. The van der Waals surface area contributed by atoms with E-state index in [2.05, 4.69) is 20.7 Å². The summed E-state index contributed by atoms with van der Waals surface area (Å²) >= 11 is 6.03. The summed E-state index contributed by atoms with van der Waals surface area (Å²) in [6.45, 7) is 4.49. The molecule has 2 heterocycles. The second-order valence-corrected chi connectivity index (χ2v) is 7.65. The molecular formula is C21H19ClF3N5O3. The van der Waals surface area contributed by atoms with Crippen LogP contribution in [0.5, 0.6) is 0 Å². The normalized spacial score (nSPS) is 12.4. The van der Waals surface area contributed by atoms with Crippen LogP contribution in [-0.4, -0.2) is 37.9 Å². The molecule has 174 valence electrons. The lowest BCUT2D eigenvalue weighted by molar-refractivity contribution is -0.141. The maximum absolute atomic E-state index is 13.4. The lowest BCUT2D eigenvalue weighted by atomic mass is 10.1. The van der Waals surface area contributed by atoms with E-state index < -0.39 is 35.6 Å². The van der Waals surface area contributed by atoms with Crippen LogP contribution in [-0.2, 0) is 6.18 Å². The van der Waals surface area contributed by atoms with E-state index >= 15 is 0 Å². The molecular weight excluding hydrogens is 463 g/mol. The number of carbonyl (C=O) groups is 2. The molecule has 2 amide bonds. The Morgan fingerprint density at radius 3 is 2.45 bits per heavy atom. The highest BCUT2D eigenvalue weighted by Crippen LogP contribution is 2.31. The number of hydrogen-bond acceptors (Lipinski definition) is 5. The summed E-state index contributed by atoms with van der Waals surface area (Å²) in [5, 5.41) is 17.9. The van der Waals surface area contributed by atoms with Gasteiger partial charge < -0.3 is 15.7 Å². The van der Waals surface area contributed by atoms with E-state index in [1.165, 1.54) is 25.3 Å². The minimum Gasteiger partial charge on any atom is -0.374 e. The molecule has 0 aliphatic rings. The Hall–Kier alpha value is -3.44. The van der Waals surface area contributed by atoms with Crippen molar-refractivity contribution in [1.29, 1.82) is 0 Å². The molecule has 0 aliphatic carbocycles. The van der Waals surface area contributed by atoms with Crippen molar-refractivity contribution in [2.45, 2.75) is 33.2 Å². The minimum absolute atomic E-state index is 0.0154. The zero-order valence-corrected chi connectivity index (χ0v) is 18.4. The third-order valence-corrected chi connectivity index (χ3v) is 4.76. The quantitative estimate of drug-likeness (QED) is 0.479. The van der Waals surface area contributed by atoms with Gasteiger partial charge in [-0.25, -0.2) is 9.67 Å². The van der Waals surface area contributed by atoms with E-state index in [9.17, 15) is 27.9 Å². The zero-order valence-electron chi connectivity index (χ0n) is 17.7. The van der Waals surface area contributed by atoms with Crippen LogP contribution in [0, 0.1) is 13.8 Å². The number of halogens is 4. The maximum Gasteiger partial charge on any atom is 0.435 e. The van der Waals surface area contributed by atoms with Crippen LogP contribution in [0.4, 0.5) is 18.9 Å². The van der Waals surface area contributed by atoms with E-state index in [0.717, 1.165) is 4.68 Å². The molecule has 0 radical (unpaired) electrons. The fourth-order valence-corrected chi connectivity index (χ4v) is 3.35. The van der Waals surface area contributed by atoms with Crippen molar-refractivity contribution in [2.24, 2.45) is 0 Å². The second kappa shape index (κ2) is 9.20. The maximum atomic E-state index is 13.4. The van der Waals surface area contributed by atoms with Gasteiger partial charge in [0.1, 0.15) is 11.9 Å². The highest BCUT2D eigenvalue weighted by molar-refractivity contribution is 6.31. The summed E-state index contributed by atoms with van der Waals surface area (Å²) in [5.74, 6) is -1.66. The van der Waals surface area contributed by atoms with Crippen LogP contribution in [0.3, 0.4) is 0 Å². The van der Waals surface area contributed by atoms with Crippen LogP contribution in [0.15, 0.2) is 36.5 Å². The number of nitrogens with one attached hydrogen (secondary N) is 2. The van der Waals surface area contributed by atoms with Crippen LogP contribution in [0.1, 0.15) is 44.6 Å². The number of anilines is 1. The number of alkyl halides is 3. The van der Waals surface area contributed by atoms with Crippen molar-refractivity contribution in [2.75, 3.05) is 5.32 Å². The van der Waals surface area contributed by atoms with Gasteiger partial charge in [-0.3, -0.25) is 9.59 Å². The molecule has 3 aromatic rings. The lowest BCUT2D eigenvalue weighted by Gasteiger charge is -2.16. The van der Waals surface area contributed by atoms with E-state index in [1.54, 1.807) is 26.0 Å². The van der Waals surface area contributed by atoms with Gasteiger partial charge in [0.05, 0.1) is 11.3 Å². The first-order valence-electron chi connectivity index (χ1n) is 9.58. The highest BCUT2D eigenvalue weighted by atomic mass is 35.5. The number of aliphatic hydroxyl groups excluding tert-OH is 1. The summed E-state index contributed by atoms with van der Waals surface area (Å²) < 4.78 is 40.9. The van der Waals surface area contributed by atoms with Crippen molar-refractivity contribution in [1.82, 2.24) is 20.1 Å². The molecule has 12 heteroatoms. The van der Waals surface area contributed by atoms with Crippen molar-refractivity contribution in [3.8, 4) is 5.82 Å². The van der Waals surface area contributed by atoms with Crippen molar-refractivity contribution in [3.05, 3.63) is 69.6 Å². The fraction of sp³-hybridized carbons (Fsp3) is 0.238. The predicted octanol–water partition coefficient (Wildman–Crippen LogP) is 3.88. The van der Waals surface area contributed by atoms with Crippen LogP contribution in [0.2, 0.25) is 5.02 Å². The molecule has 3 N–H and O–H groups in total. The van der Waals surface area contributed by atoms with E-state index in [1.807, 2.05) is 0 Å². The molecule has 0 bridgehead atoms. The lowest BCUT2D eigenvalue weighted by Crippen LogP contribution is -2.33. The van der Waals surface area contributed by atoms with Crippen molar-refractivity contribution >= 4 is 29.1 Å². The number of carbonyl (C=O) groups excluding carboxylic acids is 2. The van der Waals surface area contributed by atoms with Gasteiger partial charge in [-0.15, -0.1) is 0 Å². The van der Waals surface area contributed by atoms with Gasteiger partial charge in [0.2, 0.25) is 0 Å². The number of aliphatic hydroxyl groups is 1. The van der Waals surface area contributed by atoms with Crippen LogP contribution >= 0.6 is 11.6 Å². The van der Waals surface area contributed by atoms with Crippen molar-refractivity contribution < 1.29 is 27.9 Å². The predicted molar refractivity (Wildman–Crippen MR) is 114 cm³/mol. The van der Waals surface area contributed by atoms with Gasteiger partial charge in [0.15, 0.2) is 11.5 Å². The molecule has 2 aromatic heterocycles. The Morgan fingerprint density at radius 1 is 1.15 bits per heavy atom. The fourth-order valence-electron chi connectivity index (χ4n) is 3.08. The number of nitrogens with zero attached hydrogens (tertiary/aromatic N) is 3. The summed E-state index contributed by atoms with van der Waals surface area (Å²) in [6.07, 6.45) is -4.63. The van der Waals surface area contributed by atoms with Gasteiger partial charge in [-0.05, 0) is 50.1 Å². The van der Waals surface area contributed by atoms with Gasteiger partial charge in [0.25, 0.3) is 11.8 Å². The first-order valence-corrected chi connectivity index (χ1v) is 9.96. The molecule has 0 spiro atoms. The third kappa shape index (κ3) is 5.32. The molecule has 0 saturated heterocycles. The molecule has 1 atom stereocenters. The summed E-state index contributed by atoms with van der Waals surface area (Å²) in [7, 11) is 0. The number of benzene rings is 1. The van der Waals surface area contributed by atoms with E-state index in [-0.39, 0.29) is 22.1 Å². The van der Waals surface area contributed by atoms with Crippen LogP contribution in [0.25, 0.3) is 5.82 Å². The molecule has 1 aromatic carbocycles. The number of pyridine rings is 1. The van der Waals surface area contributed by atoms with Gasteiger partial charge in [-0.2, -0.15) is 18.3 Å². The number of rotatable bonds is 5. The number of amides is 2. The van der Waals surface area contributed by atoms with Gasteiger partial charge in [0, 0.05) is 17.3 Å². The monoisotopic (exact) mass is 481 g/mol. The Bertz CT molecular complexity index is 1220. The Labute approximate surface area is 191 Å². The smallest absolute Gasteiger partial charge is 0.374 e. The average molecular weight is 482 g/mol. The minimum atomic E-state index is -4.80. The van der Waals surface area contributed by atoms with Crippen LogP contribution < -0.4 is 10.6 Å². The van der Waals surface area contributed by atoms with E-state index in [4.69, 9.17) is 11.6 Å². The standard InChI is InChI=1S/C21H19ClF3N5O3/c1-10-5-4-6-26-18(10)30-15(9-16(29-30)21(23,24)25)20(33)28-17-11(2)7-13(22)8-14(17)19(32)27-12(3)31/h4-9,12,31H,1-3H3,(H,27,32)(H,28,33). The van der Waals surface area contributed by atoms with E-state index in [0.29, 0.717) is 17.2 Å². The molecule has 1 unspecified atom stereocenters. The molecule has 0 fully saturated rings. The third-order valence-electron chi connectivity index (χ3n) is 4.54. The van der Waals surface area contributed by atoms with Gasteiger partial charge in [-0.1, -0.05) is 17.7 Å². The molecule has 0 saturated carbocycles. The topological polar surface area (TPSA) is 109 Å². The SMILES string of the molecule is Cc1cccnc1-n1nc(C(F)(F)F)cc1C(=O)Nc1c(C)cc(Cl)cc1C(=O)NC(C)O. The molecule has 0 aliphatic heterocycles. The summed E-state index contributed by atoms with van der Waals surface area (Å²) in [6, 6.07) is 6.54. The second-order valence-electron chi connectivity index (χ2n) is 7.22. The Balaban J connectivity index is 2.10. The highest BCUT2D eigenvalue weighted by Gasteiger charge is 2.36. The largest absolute Gasteiger partial charge is 0.435 e. The Morgan fingerprint density at radius 2 is 1.85 bits per heavy atom.